The third-order valence-corrected chi connectivity index (χ3v) is 3.06. The maximum Gasteiger partial charge on any atom is 0.317 e. The van der Waals surface area contributed by atoms with Gasteiger partial charge >= 0.3 is 6.03 Å². The van der Waals surface area contributed by atoms with Crippen molar-refractivity contribution >= 4 is 6.03 Å². The van der Waals surface area contributed by atoms with Gasteiger partial charge in [-0.15, -0.1) is 0 Å². The van der Waals surface area contributed by atoms with Crippen LogP contribution in [0.3, 0.4) is 0 Å². The molecule has 1 saturated heterocycles. The van der Waals surface area contributed by atoms with Gasteiger partial charge in [-0.3, -0.25) is 0 Å². The number of hydrogen-bond donors (Lipinski definition) is 2. The summed E-state index contributed by atoms with van der Waals surface area (Å²) in [6.07, 6.45) is 2.93. The van der Waals surface area contributed by atoms with E-state index in [0.717, 1.165) is 25.9 Å². The fourth-order valence-electron chi connectivity index (χ4n) is 2.06. The van der Waals surface area contributed by atoms with Crippen molar-refractivity contribution in [2.24, 2.45) is 0 Å². The van der Waals surface area contributed by atoms with Gasteiger partial charge in [-0.2, -0.15) is 0 Å². The number of carbonyl (C=O) groups excluding carboxylic acids is 1. The molecule has 2 N–H and O–H groups in total. The fourth-order valence-corrected chi connectivity index (χ4v) is 2.06. The number of urea groups is 1. The number of ether oxygens (including phenoxy) is 1. The summed E-state index contributed by atoms with van der Waals surface area (Å²) in [4.78, 5) is 13.5. The molecule has 0 saturated carbocycles. The van der Waals surface area contributed by atoms with E-state index in [1.807, 2.05) is 13.8 Å². The summed E-state index contributed by atoms with van der Waals surface area (Å²) >= 11 is 0. The molecule has 2 amide bonds. The van der Waals surface area contributed by atoms with Crippen LogP contribution >= 0.6 is 0 Å². The average molecular weight is 244 g/mol. The molecule has 1 fully saturated rings. The van der Waals surface area contributed by atoms with Crippen molar-refractivity contribution in [2.45, 2.75) is 38.7 Å². The summed E-state index contributed by atoms with van der Waals surface area (Å²) in [7, 11) is 0. The van der Waals surface area contributed by atoms with Crippen LogP contribution in [0.5, 0.6) is 0 Å². The topological polar surface area (TPSA) is 61.8 Å². The van der Waals surface area contributed by atoms with E-state index >= 15 is 0 Å². The Hall–Kier alpha value is -0.810. The van der Waals surface area contributed by atoms with Crippen LogP contribution in [-0.2, 0) is 4.74 Å². The van der Waals surface area contributed by atoms with E-state index in [9.17, 15) is 4.79 Å². The Morgan fingerprint density at radius 3 is 2.82 bits per heavy atom. The van der Waals surface area contributed by atoms with Crippen LogP contribution in [0.15, 0.2) is 0 Å². The van der Waals surface area contributed by atoms with Gasteiger partial charge in [0.2, 0.25) is 0 Å². The van der Waals surface area contributed by atoms with Gasteiger partial charge in [0.05, 0.1) is 12.2 Å². The summed E-state index contributed by atoms with van der Waals surface area (Å²) in [6, 6.07) is -0.113. The van der Waals surface area contributed by atoms with Crippen LogP contribution in [0.2, 0.25) is 0 Å². The second kappa shape index (κ2) is 6.81. The van der Waals surface area contributed by atoms with Gasteiger partial charge in [0.15, 0.2) is 0 Å². The molecule has 0 aromatic carbocycles. The monoisotopic (exact) mass is 244 g/mol. The number of aliphatic hydroxyl groups excluding tert-OH is 1. The van der Waals surface area contributed by atoms with E-state index in [1.54, 1.807) is 4.90 Å². The first-order valence-corrected chi connectivity index (χ1v) is 6.39. The SMILES string of the molecule is CCCN(CCO)C(=O)NCC1(C)CCCO1. The molecule has 1 unspecified atom stereocenters. The molecule has 0 bridgehead atoms. The molecule has 1 aliphatic heterocycles. The Labute approximate surface area is 103 Å². The summed E-state index contributed by atoms with van der Waals surface area (Å²) in [5, 5.41) is 11.8. The highest BCUT2D eigenvalue weighted by atomic mass is 16.5. The molecule has 5 heteroatoms. The van der Waals surface area contributed by atoms with E-state index in [2.05, 4.69) is 5.32 Å². The minimum atomic E-state index is -0.216. The average Bonchev–Trinajstić information content (AvgIpc) is 2.73. The molecule has 17 heavy (non-hydrogen) atoms. The number of carbonyl (C=O) groups is 1. The third kappa shape index (κ3) is 4.52. The molecule has 0 spiro atoms. The summed E-state index contributed by atoms with van der Waals surface area (Å²) < 4.78 is 5.61. The lowest BCUT2D eigenvalue weighted by Crippen LogP contribution is -2.47. The molecule has 5 nitrogen and oxygen atoms in total. The molecule has 0 aromatic rings. The van der Waals surface area contributed by atoms with E-state index in [1.165, 1.54) is 0 Å². The predicted molar refractivity (Wildman–Crippen MR) is 65.9 cm³/mol. The van der Waals surface area contributed by atoms with E-state index < -0.39 is 0 Å². The number of hydrogen-bond acceptors (Lipinski definition) is 3. The highest BCUT2D eigenvalue weighted by molar-refractivity contribution is 5.74. The van der Waals surface area contributed by atoms with Crippen LogP contribution in [0, 0.1) is 0 Å². The second-order valence-electron chi connectivity index (χ2n) is 4.77. The van der Waals surface area contributed by atoms with Crippen molar-refractivity contribution in [3.05, 3.63) is 0 Å². The molecular formula is C12H24N2O3. The third-order valence-electron chi connectivity index (χ3n) is 3.06. The molecule has 1 aliphatic rings. The molecule has 0 radical (unpaired) electrons. The van der Waals surface area contributed by atoms with Gasteiger partial charge < -0.3 is 20.1 Å². The highest BCUT2D eigenvalue weighted by Gasteiger charge is 2.30. The largest absolute Gasteiger partial charge is 0.395 e. The van der Waals surface area contributed by atoms with Crippen molar-refractivity contribution in [3.63, 3.8) is 0 Å². The van der Waals surface area contributed by atoms with Gasteiger partial charge in [0.1, 0.15) is 0 Å². The molecule has 1 heterocycles. The van der Waals surface area contributed by atoms with E-state index in [-0.39, 0.29) is 18.2 Å². The number of amides is 2. The van der Waals surface area contributed by atoms with Crippen molar-refractivity contribution in [3.8, 4) is 0 Å². The van der Waals surface area contributed by atoms with Gasteiger partial charge in [0.25, 0.3) is 0 Å². The number of nitrogens with one attached hydrogen (secondary N) is 1. The zero-order valence-electron chi connectivity index (χ0n) is 10.9. The summed E-state index contributed by atoms with van der Waals surface area (Å²) in [5.74, 6) is 0. The number of nitrogens with zero attached hydrogens (tertiary/aromatic N) is 1. The smallest absolute Gasteiger partial charge is 0.317 e. The lowest BCUT2D eigenvalue weighted by Gasteiger charge is -2.27. The van der Waals surface area contributed by atoms with Crippen molar-refractivity contribution in [1.29, 1.82) is 0 Å². The van der Waals surface area contributed by atoms with E-state index in [0.29, 0.717) is 19.6 Å². The Morgan fingerprint density at radius 2 is 2.29 bits per heavy atom. The van der Waals surface area contributed by atoms with Crippen molar-refractivity contribution in [1.82, 2.24) is 10.2 Å². The summed E-state index contributed by atoms with van der Waals surface area (Å²) in [6.45, 7) is 6.41. The highest BCUT2D eigenvalue weighted by Crippen LogP contribution is 2.23. The van der Waals surface area contributed by atoms with Crippen LogP contribution in [0.1, 0.15) is 33.1 Å². The van der Waals surface area contributed by atoms with Gasteiger partial charge in [-0.1, -0.05) is 6.92 Å². The van der Waals surface area contributed by atoms with E-state index in [4.69, 9.17) is 9.84 Å². The fraction of sp³-hybridized carbons (Fsp3) is 0.917. The van der Waals surface area contributed by atoms with Crippen molar-refractivity contribution < 1.29 is 14.6 Å². The first-order chi connectivity index (χ1) is 8.11. The normalized spacial score (nSPS) is 23.7. The standard InChI is InChI=1S/C12H24N2O3/c1-3-6-14(7-8-15)11(16)13-10-12(2)5-4-9-17-12/h15H,3-10H2,1-2H3,(H,13,16). The van der Waals surface area contributed by atoms with Crippen LogP contribution in [0.4, 0.5) is 4.79 Å². The minimum Gasteiger partial charge on any atom is -0.395 e. The lowest BCUT2D eigenvalue weighted by molar-refractivity contribution is 0.0218. The molecule has 0 aliphatic carbocycles. The Morgan fingerprint density at radius 1 is 1.53 bits per heavy atom. The molecule has 0 aromatic heterocycles. The van der Waals surface area contributed by atoms with Gasteiger partial charge in [-0.25, -0.2) is 4.79 Å². The summed E-state index contributed by atoms with van der Waals surface area (Å²) in [5.41, 5.74) is -0.216. The zero-order valence-corrected chi connectivity index (χ0v) is 10.9. The Kier molecular flexibility index (Phi) is 5.71. The quantitative estimate of drug-likeness (QED) is 0.732. The van der Waals surface area contributed by atoms with Crippen LogP contribution in [-0.4, -0.2) is 54.5 Å². The molecule has 1 atom stereocenters. The zero-order chi connectivity index (χ0) is 12.7. The lowest BCUT2D eigenvalue weighted by atomic mass is 10.0. The molecule has 100 valence electrons. The Balaban J connectivity index is 2.35. The van der Waals surface area contributed by atoms with Gasteiger partial charge in [-0.05, 0) is 26.2 Å². The minimum absolute atomic E-state index is 0.00118. The predicted octanol–water partition coefficient (Wildman–Crippen LogP) is 0.969. The maximum atomic E-state index is 11.9. The first-order valence-electron chi connectivity index (χ1n) is 6.39. The number of rotatable bonds is 6. The maximum absolute atomic E-state index is 11.9. The Bertz CT molecular complexity index is 234. The van der Waals surface area contributed by atoms with Crippen LogP contribution in [0.25, 0.3) is 0 Å². The molecule has 1 rings (SSSR count). The van der Waals surface area contributed by atoms with Crippen LogP contribution < -0.4 is 5.32 Å². The second-order valence-corrected chi connectivity index (χ2v) is 4.77. The number of aliphatic hydroxyl groups is 1. The first kappa shape index (κ1) is 14.3. The van der Waals surface area contributed by atoms with Crippen molar-refractivity contribution in [2.75, 3.05) is 32.8 Å². The molecular weight excluding hydrogens is 220 g/mol. The van der Waals surface area contributed by atoms with Gasteiger partial charge in [0, 0.05) is 26.2 Å².